The molecule has 0 aromatic heterocycles. The molecule has 0 radical (unpaired) electrons. The van der Waals surface area contributed by atoms with Gasteiger partial charge in [0, 0.05) is 29.7 Å². The molecule has 0 bridgehead atoms. The maximum Gasteiger partial charge on any atom is 0.270 e. The fourth-order valence-corrected chi connectivity index (χ4v) is 4.77. The summed E-state index contributed by atoms with van der Waals surface area (Å²) in [6.07, 6.45) is -0.191. The summed E-state index contributed by atoms with van der Waals surface area (Å²) >= 11 is 2.29. The summed E-state index contributed by atoms with van der Waals surface area (Å²) in [7, 11) is 0. The lowest BCUT2D eigenvalue weighted by atomic mass is 10.1. The molecular weight excluding hydrogens is 440 g/mol. The second-order valence-electron chi connectivity index (χ2n) is 6.54. The minimum absolute atomic E-state index is 0.126. The average molecular weight is 454 g/mol. The molecule has 2 aromatic rings. The first-order valence-corrected chi connectivity index (χ1v) is 11.0. The van der Waals surface area contributed by atoms with E-state index < -0.39 is 21.9 Å². The van der Waals surface area contributed by atoms with Gasteiger partial charge in [-0.1, -0.05) is 66.0 Å². The SMILES string of the molecule is O=C(CC1SC(N2N=C(c3ccccc3)SCC2=O)=NC1=O)c1cccc([N+](=O)[O-])c1. The molecule has 0 saturated heterocycles. The van der Waals surface area contributed by atoms with Crippen LogP contribution in [0.4, 0.5) is 5.69 Å². The Bertz CT molecular complexity index is 1150. The number of hydrogen-bond donors (Lipinski definition) is 0. The Kier molecular flexibility index (Phi) is 5.96. The summed E-state index contributed by atoms with van der Waals surface area (Å²) < 4.78 is 0. The molecular formula is C20H14N4O5S2. The maximum atomic E-state index is 12.6. The van der Waals surface area contributed by atoms with Crippen molar-refractivity contribution in [3.8, 4) is 0 Å². The second-order valence-corrected chi connectivity index (χ2v) is 8.67. The third-order valence-corrected chi connectivity index (χ3v) is 6.55. The van der Waals surface area contributed by atoms with E-state index in [1.807, 2.05) is 30.3 Å². The van der Waals surface area contributed by atoms with Gasteiger partial charge in [-0.2, -0.15) is 15.1 Å². The zero-order valence-corrected chi connectivity index (χ0v) is 17.5. The number of hydrogen-bond acceptors (Lipinski definition) is 8. The van der Waals surface area contributed by atoms with Crippen molar-refractivity contribution in [3.63, 3.8) is 0 Å². The molecule has 0 aliphatic carbocycles. The van der Waals surface area contributed by atoms with Gasteiger partial charge >= 0.3 is 0 Å². The van der Waals surface area contributed by atoms with E-state index in [4.69, 9.17) is 0 Å². The molecule has 31 heavy (non-hydrogen) atoms. The van der Waals surface area contributed by atoms with Gasteiger partial charge in [-0.05, 0) is 0 Å². The Labute approximate surface area is 184 Å². The molecule has 4 rings (SSSR count). The molecule has 0 fully saturated rings. The van der Waals surface area contributed by atoms with E-state index in [1.54, 1.807) is 0 Å². The first-order chi connectivity index (χ1) is 14.9. The predicted molar refractivity (Wildman–Crippen MR) is 118 cm³/mol. The number of hydrazone groups is 1. The van der Waals surface area contributed by atoms with Crippen LogP contribution in [0.3, 0.4) is 0 Å². The number of benzene rings is 2. The minimum Gasteiger partial charge on any atom is -0.294 e. The van der Waals surface area contributed by atoms with Gasteiger partial charge in [-0.25, -0.2) is 0 Å². The van der Waals surface area contributed by atoms with Crippen molar-refractivity contribution in [3.05, 3.63) is 75.8 Å². The zero-order chi connectivity index (χ0) is 22.0. The van der Waals surface area contributed by atoms with Crippen molar-refractivity contribution >= 4 is 57.0 Å². The monoisotopic (exact) mass is 454 g/mol. The highest BCUT2D eigenvalue weighted by atomic mass is 32.2. The van der Waals surface area contributed by atoms with Crippen LogP contribution in [0.25, 0.3) is 0 Å². The molecule has 2 amide bonds. The van der Waals surface area contributed by atoms with Crippen LogP contribution in [0.15, 0.2) is 64.7 Å². The van der Waals surface area contributed by atoms with E-state index in [0.717, 1.165) is 22.3 Å². The average Bonchev–Trinajstić information content (AvgIpc) is 3.14. The lowest BCUT2D eigenvalue weighted by Crippen LogP contribution is -2.35. The van der Waals surface area contributed by atoms with E-state index in [0.29, 0.717) is 5.04 Å². The van der Waals surface area contributed by atoms with Crippen molar-refractivity contribution in [1.82, 2.24) is 5.01 Å². The standard InChI is InChI=1S/C20H14N4O5S2/c25-15(13-7-4-8-14(9-13)24(28)29)10-16-18(27)21-20(31-16)23-17(26)11-30-19(22-23)12-5-2-1-3-6-12/h1-9,16H,10-11H2. The van der Waals surface area contributed by atoms with Crippen LogP contribution in [0.2, 0.25) is 0 Å². The molecule has 2 heterocycles. The van der Waals surface area contributed by atoms with Gasteiger partial charge in [0.05, 0.1) is 10.7 Å². The van der Waals surface area contributed by atoms with Gasteiger partial charge in [-0.3, -0.25) is 24.5 Å². The van der Waals surface area contributed by atoms with E-state index >= 15 is 0 Å². The highest BCUT2D eigenvalue weighted by molar-refractivity contribution is 8.16. The van der Waals surface area contributed by atoms with Crippen molar-refractivity contribution in [1.29, 1.82) is 0 Å². The van der Waals surface area contributed by atoms with Crippen molar-refractivity contribution < 1.29 is 19.3 Å². The largest absolute Gasteiger partial charge is 0.294 e. The van der Waals surface area contributed by atoms with Crippen LogP contribution < -0.4 is 0 Å². The molecule has 2 aromatic carbocycles. The number of nitro benzene ring substituents is 1. The summed E-state index contributed by atoms with van der Waals surface area (Å²) in [4.78, 5) is 51.6. The maximum absolute atomic E-state index is 12.6. The quantitative estimate of drug-likeness (QED) is 0.386. The molecule has 2 aliphatic heterocycles. The predicted octanol–water partition coefficient (Wildman–Crippen LogP) is 3.10. The molecule has 9 nitrogen and oxygen atoms in total. The summed E-state index contributed by atoms with van der Waals surface area (Å²) in [6, 6.07) is 14.7. The van der Waals surface area contributed by atoms with Crippen LogP contribution in [-0.2, 0) is 9.59 Å². The van der Waals surface area contributed by atoms with Gasteiger partial charge < -0.3 is 0 Å². The van der Waals surface area contributed by atoms with Crippen LogP contribution in [0.5, 0.6) is 0 Å². The second kappa shape index (κ2) is 8.82. The number of rotatable bonds is 5. The van der Waals surface area contributed by atoms with E-state index in [9.17, 15) is 24.5 Å². The molecule has 156 valence electrons. The number of aliphatic imine (C=N–C) groups is 1. The number of non-ortho nitro benzene ring substituents is 1. The Morgan fingerprint density at radius 3 is 2.68 bits per heavy atom. The third-order valence-electron chi connectivity index (χ3n) is 4.44. The highest BCUT2D eigenvalue weighted by Gasteiger charge is 2.37. The van der Waals surface area contributed by atoms with Crippen LogP contribution in [0, 0.1) is 10.1 Å². The summed E-state index contributed by atoms with van der Waals surface area (Å²) in [5.74, 6) is -1.12. The zero-order valence-electron chi connectivity index (χ0n) is 15.8. The fourth-order valence-electron chi connectivity index (χ4n) is 2.91. The van der Waals surface area contributed by atoms with Gasteiger partial charge in [-0.15, -0.1) is 0 Å². The first kappa shape index (κ1) is 20.9. The first-order valence-electron chi connectivity index (χ1n) is 9.09. The van der Waals surface area contributed by atoms with Crippen LogP contribution >= 0.6 is 23.5 Å². The van der Waals surface area contributed by atoms with Crippen molar-refractivity contribution in [2.24, 2.45) is 10.1 Å². The van der Waals surface area contributed by atoms with Gasteiger partial charge in [0.15, 0.2) is 11.0 Å². The molecule has 11 heteroatoms. The topological polar surface area (TPSA) is 122 Å². The molecule has 0 N–H and O–H groups in total. The summed E-state index contributed by atoms with van der Waals surface area (Å²) in [6.45, 7) is 0. The minimum atomic E-state index is -0.820. The lowest BCUT2D eigenvalue weighted by molar-refractivity contribution is -0.384. The molecule has 0 saturated carbocycles. The molecule has 1 unspecified atom stereocenters. The van der Waals surface area contributed by atoms with Gasteiger partial charge in [0.25, 0.3) is 17.5 Å². The van der Waals surface area contributed by atoms with E-state index in [1.165, 1.54) is 36.0 Å². The highest BCUT2D eigenvalue weighted by Crippen LogP contribution is 2.31. The van der Waals surface area contributed by atoms with E-state index in [-0.39, 0.29) is 34.5 Å². The molecule has 2 aliphatic rings. The van der Waals surface area contributed by atoms with Gasteiger partial charge in [0.2, 0.25) is 0 Å². The number of carbonyl (C=O) groups excluding carboxylic acids is 3. The number of nitrogens with zero attached hydrogens (tertiary/aromatic N) is 4. The van der Waals surface area contributed by atoms with Gasteiger partial charge in [0.1, 0.15) is 10.3 Å². The van der Waals surface area contributed by atoms with Crippen LogP contribution in [-0.4, -0.2) is 48.7 Å². The molecule has 0 spiro atoms. The number of Topliss-reactive ketones (excluding diaryl/α,β-unsaturated/α-hetero) is 1. The smallest absolute Gasteiger partial charge is 0.270 e. The number of amides is 2. The van der Waals surface area contributed by atoms with Crippen molar-refractivity contribution in [2.75, 3.05) is 5.75 Å². The van der Waals surface area contributed by atoms with Crippen LogP contribution in [0.1, 0.15) is 22.3 Å². The fraction of sp³-hybridized carbons (Fsp3) is 0.150. The number of nitro groups is 1. The summed E-state index contributed by atoms with van der Waals surface area (Å²) in [5, 5.41) is 16.3. The number of ketones is 1. The summed E-state index contributed by atoms with van der Waals surface area (Å²) in [5.41, 5.74) is 0.788. The Morgan fingerprint density at radius 2 is 1.94 bits per heavy atom. The number of thioether (sulfide) groups is 2. The normalized spacial score (nSPS) is 18.6. The number of amidine groups is 1. The molecule has 1 atom stereocenters. The number of carbonyl (C=O) groups is 3. The van der Waals surface area contributed by atoms with E-state index in [2.05, 4.69) is 10.1 Å². The third kappa shape index (κ3) is 4.57. The van der Waals surface area contributed by atoms with Crippen molar-refractivity contribution in [2.45, 2.75) is 11.7 Å². The Morgan fingerprint density at radius 1 is 1.16 bits per heavy atom. The lowest BCUT2D eigenvalue weighted by Gasteiger charge is -2.22. The Balaban J connectivity index is 1.49. The Hall–Kier alpha value is -3.31.